The fourth-order valence-electron chi connectivity index (χ4n) is 4.56. The average Bonchev–Trinajstić information content (AvgIpc) is 2.73. The smallest absolute Gasteiger partial charge is 0.243 e. The Bertz CT molecular complexity index is 710. The van der Waals surface area contributed by atoms with Crippen molar-refractivity contribution in [3.63, 3.8) is 0 Å². The maximum Gasteiger partial charge on any atom is 0.243 e. The Hall–Kier alpha value is -1.88. The molecule has 5 nitrogen and oxygen atoms in total. The molecule has 1 unspecified atom stereocenters. The number of fused-ring (bicyclic) bond motifs is 1. The van der Waals surface area contributed by atoms with E-state index in [4.69, 9.17) is 0 Å². The molecule has 0 radical (unpaired) electrons. The average molecular weight is 414 g/mol. The van der Waals surface area contributed by atoms with Gasteiger partial charge in [-0.25, -0.2) is 0 Å². The van der Waals surface area contributed by atoms with Crippen molar-refractivity contribution in [1.29, 1.82) is 0 Å². The molecular formula is C25H39N3O2. The van der Waals surface area contributed by atoms with Gasteiger partial charge in [0, 0.05) is 25.9 Å². The van der Waals surface area contributed by atoms with Crippen molar-refractivity contribution in [1.82, 2.24) is 15.1 Å². The van der Waals surface area contributed by atoms with Gasteiger partial charge >= 0.3 is 0 Å². The first-order valence-corrected chi connectivity index (χ1v) is 11.8. The van der Waals surface area contributed by atoms with Crippen LogP contribution < -0.4 is 5.32 Å². The molecular weight excluding hydrogens is 374 g/mol. The Morgan fingerprint density at radius 3 is 2.50 bits per heavy atom. The molecule has 2 aliphatic heterocycles. The third kappa shape index (κ3) is 6.31. The van der Waals surface area contributed by atoms with E-state index in [1.807, 2.05) is 26.0 Å². The molecule has 1 atom stereocenters. The molecule has 2 aliphatic rings. The molecule has 0 saturated carbocycles. The van der Waals surface area contributed by atoms with Gasteiger partial charge in [0.2, 0.25) is 11.8 Å². The highest BCUT2D eigenvalue weighted by atomic mass is 16.2. The Morgan fingerprint density at radius 2 is 1.80 bits per heavy atom. The molecule has 30 heavy (non-hydrogen) atoms. The standard InChI is InChI=1S/C25H39N3O2/c1-19(2)16-24(29)28-18-22-9-5-4-8-21(22)17-23(28)25(30)26-12-6-7-13-27-14-10-20(3)11-15-27/h4-5,8-9,19-20,23H,6-7,10-18H2,1-3H3,(H,26,30). The van der Waals surface area contributed by atoms with Gasteiger partial charge < -0.3 is 15.1 Å². The van der Waals surface area contributed by atoms with Crippen LogP contribution >= 0.6 is 0 Å². The highest BCUT2D eigenvalue weighted by Crippen LogP contribution is 2.25. The van der Waals surface area contributed by atoms with E-state index >= 15 is 0 Å². The van der Waals surface area contributed by atoms with Gasteiger partial charge in [0.25, 0.3) is 0 Å². The number of benzene rings is 1. The number of hydrogen-bond donors (Lipinski definition) is 1. The highest BCUT2D eigenvalue weighted by Gasteiger charge is 2.34. The van der Waals surface area contributed by atoms with Crippen molar-refractivity contribution in [2.24, 2.45) is 11.8 Å². The van der Waals surface area contributed by atoms with Crippen LogP contribution in [-0.4, -0.2) is 53.8 Å². The zero-order valence-electron chi connectivity index (χ0n) is 19.0. The summed E-state index contributed by atoms with van der Waals surface area (Å²) in [5, 5.41) is 3.11. The van der Waals surface area contributed by atoms with Crippen molar-refractivity contribution < 1.29 is 9.59 Å². The van der Waals surface area contributed by atoms with Crippen LogP contribution in [0, 0.1) is 11.8 Å². The van der Waals surface area contributed by atoms with Gasteiger partial charge in [-0.05, 0) is 68.3 Å². The highest BCUT2D eigenvalue weighted by molar-refractivity contribution is 5.88. The first-order valence-electron chi connectivity index (χ1n) is 11.8. The number of hydrogen-bond acceptors (Lipinski definition) is 3. The van der Waals surface area contributed by atoms with E-state index in [-0.39, 0.29) is 17.7 Å². The van der Waals surface area contributed by atoms with Crippen molar-refractivity contribution >= 4 is 11.8 Å². The van der Waals surface area contributed by atoms with Crippen LogP contribution in [0.5, 0.6) is 0 Å². The van der Waals surface area contributed by atoms with Crippen molar-refractivity contribution in [3.8, 4) is 0 Å². The van der Waals surface area contributed by atoms with Gasteiger partial charge in [0.1, 0.15) is 6.04 Å². The molecule has 3 rings (SSSR count). The van der Waals surface area contributed by atoms with Gasteiger partial charge in [-0.3, -0.25) is 9.59 Å². The molecule has 0 spiro atoms. The van der Waals surface area contributed by atoms with E-state index in [1.165, 1.54) is 31.5 Å². The molecule has 1 N–H and O–H groups in total. The first kappa shape index (κ1) is 22.8. The molecule has 5 heteroatoms. The SMILES string of the molecule is CC(C)CC(=O)N1Cc2ccccc2CC1C(=O)NCCCCN1CCC(C)CC1. The van der Waals surface area contributed by atoms with E-state index in [2.05, 4.69) is 29.3 Å². The maximum atomic E-state index is 13.0. The topological polar surface area (TPSA) is 52.7 Å². The fourth-order valence-corrected chi connectivity index (χ4v) is 4.56. The molecule has 2 amide bonds. The zero-order chi connectivity index (χ0) is 21.5. The van der Waals surface area contributed by atoms with Crippen LogP contribution in [0.4, 0.5) is 0 Å². The summed E-state index contributed by atoms with van der Waals surface area (Å²) < 4.78 is 0. The van der Waals surface area contributed by atoms with Crippen LogP contribution in [0.2, 0.25) is 0 Å². The van der Waals surface area contributed by atoms with Crippen molar-refractivity contribution in [2.45, 2.75) is 71.9 Å². The van der Waals surface area contributed by atoms with Gasteiger partial charge in [-0.15, -0.1) is 0 Å². The predicted molar refractivity (Wildman–Crippen MR) is 121 cm³/mol. The third-order valence-corrected chi connectivity index (χ3v) is 6.53. The van der Waals surface area contributed by atoms with Crippen LogP contribution in [0.15, 0.2) is 24.3 Å². The molecule has 0 aliphatic carbocycles. The summed E-state index contributed by atoms with van der Waals surface area (Å²) in [5.74, 6) is 1.23. The molecule has 1 fully saturated rings. The summed E-state index contributed by atoms with van der Waals surface area (Å²) in [5.41, 5.74) is 2.35. The van der Waals surface area contributed by atoms with Crippen LogP contribution in [0.25, 0.3) is 0 Å². The minimum atomic E-state index is -0.394. The van der Waals surface area contributed by atoms with Crippen molar-refractivity contribution in [2.75, 3.05) is 26.2 Å². The normalized spacial score (nSPS) is 20.3. The number of piperidine rings is 1. The van der Waals surface area contributed by atoms with Gasteiger partial charge in [0.05, 0.1) is 0 Å². The van der Waals surface area contributed by atoms with Crippen LogP contribution in [0.3, 0.4) is 0 Å². The number of amides is 2. The molecule has 1 aromatic rings. The lowest BCUT2D eigenvalue weighted by Crippen LogP contribution is -2.52. The van der Waals surface area contributed by atoms with E-state index < -0.39 is 6.04 Å². The number of nitrogens with zero attached hydrogens (tertiary/aromatic N) is 2. The van der Waals surface area contributed by atoms with Gasteiger partial charge in [-0.1, -0.05) is 45.0 Å². The Labute approximate surface area is 182 Å². The number of likely N-dealkylation sites (tertiary alicyclic amines) is 1. The Balaban J connectivity index is 1.50. The molecule has 1 saturated heterocycles. The summed E-state index contributed by atoms with van der Waals surface area (Å²) in [7, 11) is 0. The van der Waals surface area contributed by atoms with Gasteiger partial charge in [-0.2, -0.15) is 0 Å². The quantitative estimate of drug-likeness (QED) is 0.663. The lowest BCUT2D eigenvalue weighted by molar-refractivity contribution is -0.142. The number of carbonyl (C=O) groups excluding carboxylic acids is 2. The maximum absolute atomic E-state index is 13.0. The molecule has 0 aromatic heterocycles. The van der Waals surface area contributed by atoms with E-state index in [0.717, 1.165) is 30.9 Å². The summed E-state index contributed by atoms with van der Waals surface area (Å²) >= 11 is 0. The number of rotatable bonds is 8. The minimum Gasteiger partial charge on any atom is -0.354 e. The lowest BCUT2D eigenvalue weighted by atomic mass is 9.92. The van der Waals surface area contributed by atoms with Crippen LogP contribution in [0.1, 0.15) is 64.0 Å². The molecule has 0 bridgehead atoms. The predicted octanol–water partition coefficient (Wildman–Crippen LogP) is 3.61. The lowest BCUT2D eigenvalue weighted by Gasteiger charge is -2.36. The second-order valence-corrected chi connectivity index (χ2v) is 9.63. The first-order chi connectivity index (χ1) is 14.4. The summed E-state index contributed by atoms with van der Waals surface area (Å²) in [4.78, 5) is 30.2. The minimum absolute atomic E-state index is 0.00611. The third-order valence-electron chi connectivity index (χ3n) is 6.53. The molecule has 2 heterocycles. The monoisotopic (exact) mass is 413 g/mol. The van der Waals surface area contributed by atoms with Crippen LogP contribution in [-0.2, 0) is 22.6 Å². The largest absolute Gasteiger partial charge is 0.354 e. The molecule has 1 aromatic carbocycles. The second-order valence-electron chi connectivity index (χ2n) is 9.63. The summed E-state index contributed by atoms with van der Waals surface area (Å²) in [6, 6.07) is 7.78. The number of carbonyl (C=O) groups is 2. The van der Waals surface area contributed by atoms with E-state index in [9.17, 15) is 9.59 Å². The fraction of sp³-hybridized carbons (Fsp3) is 0.680. The second kappa shape index (κ2) is 10.9. The summed E-state index contributed by atoms with van der Waals surface area (Å²) in [6.07, 6.45) is 5.80. The number of nitrogens with one attached hydrogen (secondary N) is 1. The summed E-state index contributed by atoms with van der Waals surface area (Å²) in [6.45, 7) is 11.2. The Kier molecular flexibility index (Phi) is 8.32. The number of unbranched alkanes of at least 4 members (excludes halogenated alkanes) is 1. The zero-order valence-corrected chi connectivity index (χ0v) is 19.0. The molecule has 166 valence electrons. The van der Waals surface area contributed by atoms with E-state index in [1.54, 1.807) is 4.90 Å². The van der Waals surface area contributed by atoms with Gasteiger partial charge in [0.15, 0.2) is 0 Å². The van der Waals surface area contributed by atoms with Crippen molar-refractivity contribution in [3.05, 3.63) is 35.4 Å². The Morgan fingerprint density at radius 1 is 1.10 bits per heavy atom. The van der Waals surface area contributed by atoms with E-state index in [0.29, 0.717) is 25.9 Å².